The molecule has 1 aliphatic rings. The van der Waals surface area contributed by atoms with Crippen molar-refractivity contribution >= 4 is 0 Å². The van der Waals surface area contributed by atoms with Gasteiger partial charge in [-0.3, -0.25) is 0 Å². The second-order valence-electron chi connectivity index (χ2n) is 4.36. The fraction of sp³-hybridized carbons (Fsp3) is 0.200. The average Bonchev–Trinajstić information content (AvgIpc) is 2.73. The summed E-state index contributed by atoms with van der Waals surface area (Å²) in [6, 6.07) is 8.96. The van der Waals surface area contributed by atoms with E-state index in [1.54, 1.807) is 0 Å². The van der Waals surface area contributed by atoms with Gasteiger partial charge in [0.2, 0.25) is 0 Å². The number of hydrazine groups is 1. The second kappa shape index (κ2) is 7.62. The van der Waals surface area contributed by atoms with E-state index in [-0.39, 0.29) is 0 Å². The Bertz CT molecular complexity index is 495. The third-order valence-electron chi connectivity index (χ3n) is 2.85. The van der Waals surface area contributed by atoms with E-state index in [1.807, 2.05) is 60.7 Å². The highest BCUT2D eigenvalue weighted by Crippen LogP contribution is 2.13. The molecule has 0 saturated carbocycles. The van der Waals surface area contributed by atoms with Crippen LogP contribution < -0.4 is 16.7 Å². The number of allylic oxidation sites excluding steroid dienone is 5. The lowest BCUT2D eigenvalue weighted by Crippen LogP contribution is -2.44. The minimum Gasteiger partial charge on any atom is -0.394 e. The Hall–Kier alpha value is -1.92. The first-order valence-corrected chi connectivity index (χ1v) is 6.46. The molecular weight excluding hydrogens is 254 g/mol. The molecule has 0 heterocycles. The smallest absolute Gasteiger partial charge is 0.145 e. The standard InChI is InChI=1S/C15H19N3O2/c16-15(19)14(12-8-4-3-5-9-12)17-18-20-13-10-6-1-2-7-11-13/h1-6,8-11,14-15,17-19H,7,16H2. The lowest BCUT2D eigenvalue weighted by atomic mass is 10.1. The minimum absolute atomic E-state index is 0.468. The van der Waals surface area contributed by atoms with Crippen LogP contribution in [0, 0.1) is 0 Å². The van der Waals surface area contributed by atoms with Gasteiger partial charge in [0.15, 0.2) is 0 Å². The molecule has 0 bridgehead atoms. The van der Waals surface area contributed by atoms with Gasteiger partial charge in [-0.2, -0.15) is 0 Å². The van der Waals surface area contributed by atoms with Crippen molar-refractivity contribution < 1.29 is 9.94 Å². The zero-order chi connectivity index (χ0) is 14.2. The molecule has 2 atom stereocenters. The van der Waals surface area contributed by atoms with Gasteiger partial charge in [-0.15, -0.1) is 0 Å². The fourth-order valence-electron chi connectivity index (χ4n) is 1.81. The van der Waals surface area contributed by atoms with Crippen LogP contribution >= 0.6 is 0 Å². The molecule has 20 heavy (non-hydrogen) atoms. The number of aliphatic hydroxyl groups is 1. The summed E-state index contributed by atoms with van der Waals surface area (Å²) in [6.45, 7) is 0. The highest BCUT2D eigenvalue weighted by molar-refractivity contribution is 5.22. The summed E-state index contributed by atoms with van der Waals surface area (Å²) in [6.07, 6.45) is 9.42. The minimum atomic E-state index is -1.05. The Morgan fingerprint density at radius 3 is 2.75 bits per heavy atom. The Balaban J connectivity index is 1.89. The Morgan fingerprint density at radius 2 is 2.00 bits per heavy atom. The van der Waals surface area contributed by atoms with E-state index in [0.29, 0.717) is 5.76 Å². The van der Waals surface area contributed by atoms with Crippen LogP contribution in [-0.2, 0) is 4.84 Å². The highest BCUT2D eigenvalue weighted by atomic mass is 16.7. The molecule has 0 aromatic heterocycles. The van der Waals surface area contributed by atoms with Gasteiger partial charge >= 0.3 is 0 Å². The fourth-order valence-corrected chi connectivity index (χ4v) is 1.81. The molecule has 5 nitrogen and oxygen atoms in total. The van der Waals surface area contributed by atoms with Gasteiger partial charge in [-0.05, 0) is 24.1 Å². The van der Waals surface area contributed by atoms with E-state index in [0.717, 1.165) is 12.0 Å². The summed E-state index contributed by atoms with van der Waals surface area (Å²) in [5, 5.41) is 9.63. The molecule has 2 unspecified atom stereocenters. The van der Waals surface area contributed by atoms with Gasteiger partial charge in [0, 0.05) is 0 Å². The van der Waals surface area contributed by atoms with Crippen molar-refractivity contribution in [3.63, 3.8) is 0 Å². The summed E-state index contributed by atoms with van der Waals surface area (Å²) in [4.78, 5) is 5.37. The quantitative estimate of drug-likeness (QED) is 0.466. The molecule has 1 aromatic carbocycles. The molecule has 0 fully saturated rings. The van der Waals surface area contributed by atoms with Crippen molar-refractivity contribution in [1.82, 2.24) is 11.0 Å². The maximum absolute atomic E-state index is 9.63. The van der Waals surface area contributed by atoms with E-state index in [4.69, 9.17) is 10.6 Å². The zero-order valence-electron chi connectivity index (χ0n) is 11.1. The maximum Gasteiger partial charge on any atom is 0.145 e. The second-order valence-corrected chi connectivity index (χ2v) is 4.36. The molecule has 0 amide bonds. The van der Waals surface area contributed by atoms with Crippen molar-refractivity contribution in [3.8, 4) is 0 Å². The van der Waals surface area contributed by atoms with Gasteiger partial charge in [-0.25, -0.2) is 5.43 Å². The van der Waals surface area contributed by atoms with Gasteiger partial charge < -0.3 is 15.7 Å². The summed E-state index contributed by atoms with van der Waals surface area (Å²) >= 11 is 0. The molecule has 5 heteroatoms. The summed E-state index contributed by atoms with van der Waals surface area (Å²) in [5.41, 5.74) is 11.9. The highest BCUT2D eigenvalue weighted by Gasteiger charge is 2.17. The van der Waals surface area contributed by atoms with Crippen LogP contribution in [0.4, 0.5) is 0 Å². The van der Waals surface area contributed by atoms with Crippen LogP contribution in [0.5, 0.6) is 0 Å². The normalized spacial score (nSPS) is 17.2. The van der Waals surface area contributed by atoms with Crippen LogP contribution in [0.25, 0.3) is 0 Å². The zero-order valence-corrected chi connectivity index (χ0v) is 11.1. The van der Waals surface area contributed by atoms with Gasteiger partial charge in [0.05, 0.1) is 6.04 Å². The number of hydrogen-bond donors (Lipinski definition) is 4. The maximum atomic E-state index is 9.63. The molecule has 1 aliphatic carbocycles. The summed E-state index contributed by atoms with van der Waals surface area (Å²) in [7, 11) is 0. The van der Waals surface area contributed by atoms with Crippen molar-refractivity contribution in [1.29, 1.82) is 0 Å². The molecule has 0 aliphatic heterocycles. The van der Waals surface area contributed by atoms with E-state index in [9.17, 15) is 5.11 Å². The Morgan fingerprint density at radius 1 is 1.20 bits per heavy atom. The molecule has 0 radical (unpaired) electrons. The van der Waals surface area contributed by atoms with Crippen molar-refractivity contribution in [2.24, 2.45) is 5.73 Å². The van der Waals surface area contributed by atoms with Crippen LogP contribution in [0.3, 0.4) is 0 Å². The van der Waals surface area contributed by atoms with Gasteiger partial charge in [0.1, 0.15) is 12.0 Å². The third-order valence-corrected chi connectivity index (χ3v) is 2.85. The van der Waals surface area contributed by atoms with Crippen LogP contribution in [-0.4, -0.2) is 11.3 Å². The molecule has 2 rings (SSSR count). The summed E-state index contributed by atoms with van der Waals surface area (Å²) < 4.78 is 0. The van der Waals surface area contributed by atoms with E-state index in [1.165, 1.54) is 0 Å². The number of aliphatic hydroxyl groups excluding tert-OH is 1. The monoisotopic (exact) mass is 273 g/mol. The average molecular weight is 273 g/mol. The van der Waals surface area contributed by atoms with Gasteiger partial charge in [-0.1, -0.05) is 54.1 Å². The van der Waals surface area contributed by atoms with Crippen LogP contribution in [0.1, 0.15) is 18.0 Å². The Kier molecular flexibility index (Phi) is 5.52. The lowest BCUT2D eigenvalue weighted by molar-refractivity contribution is 0.0316. The number of nitrogens with one attached hydrogen (secondary N) is 2. The predicted octanol–water partition coefficient (Wildman–Crippen LogP) is 1.43. The van der Waals surface area contributed by atoms with Crippen molar-refractivity contribution in [3.05, 3.63) is 72.0 Å². The number of benzene rings is 1. The molecule has 1 aromatic rings. The third kappa shape index (κ3) is 4.32. The van der Waals surface area contributed by atoms with Crippen LogP contribution in [0.15, 0.2) is 66.5 Å². The SMILES string of the molecule is NC(O)C(NNOC1=CCC=CC=C1)c1ccccc1. The number of rotatable bonds is 6. The van der Waals surface area contributed by atoms with E-state index in [2.05, 4.69) is 11.0 Å². The lowest BCUT2D eigenvalue weighted by Gasteiger charge is -2.22. The number of nitrogens with two attached hydrogens (primary N) is 1. The Labute approximate surface area is 118 Å². The van der Waals surface area contributed by atoms with Crippen LogP contribution in [0.2, 0.25) is 0 Å². The van der Waals surface area contributed by atoms with E-state index >= 15 is 0 Å². The van der Waals surface area contributed by atoms with E-state index < -0.39 is 12.3 Å². The first-order chi connectivity index (χ1) is 9.77. The molecule has 106 valence electrons. The first kappa shape index (κ1) is 14.5. The molecule has 0 saturated heterocycles. The molecular formula is C15H19N3O2. The van der Waals surface area contributed by atoms with Crippen molar-refractivity contribution in [2.75, 3.05) is 0 Å². The van der Waals surface area contributed by atoms with Crippen molar-refractivity contribution in [2.45, 2.75) is 18.7 Å². The predicted molar refractivity (Wildman–Crippen MR) is 77.7 cm³/mol. The summed E-state index contributed by atoms with van der Waals surface area (Å²) in [5.74, 6) is 0.695. The first-order valence-electron chi connectivity index (χ1n) is 6.46. The largest absolute Gasteiger partial charge is 0.394 e. The molecule has 5 N–H and O–H groups in total. The van der Waals surface area contributed by atoms with Gasteiger partial charge in [0.25, 0.3) is 0 Å². The topological polar surface area (TPSA) is 79.5 Å². The number of hydrogen-bond acceptors (Lipinski definition) is 5. The molecule has 0 spiro atoms.